The molecule has 0 aliphatic rings. The third kappa shape index (κ3) is 3.74. The summed E-state index contributed by atoms with van der Waals surface area (Å²) in [5.74, 6) is 1.86. The zero-order valence-corrected chi connectivity index (χ0v) is 9.10. The zero-order valence-electron chi connectivity index (χ0n) is 6.49. The van der Waals surface area contributed by atoms with Crippen molar-refractivity contribution in [3.63, 3.8) is 0 Å². The van der Waals surface area contributed by atoms with Gasteiger partial charge in [0, 0.05) is 0 Å². The maximum atomic E-state index is 11.4. The molecule has 0 unspecified atom stereocenters. The Balaban J connectivity index is 3.83. The molecule has 5 heteroatoms. The van der Waals surface area contributed by atoms with Gasteiger partial charge in [-0.1, -0.05) is 0 Å². The van der Waals surface area contributed by atoms with Gasteiger partial charge in [-0.25, -0.2) is 0 Å². The van der Waals surface area contributed by atoms with Gasteiger partial charge in [-0.05, 0) is 0 Å². The normalized spacial score (nSPS) is 11.9. The molecule has 0 atom stereocenters. The van der Waals surface area contributed by atoms with Gasteiger partial charge in [0.1, 0.15) is 0 Å². The average Bonchev–Trinajstić information content (AvgIpc) is 1.89. The first-order chi connectivity index (χ1) is 4.68. The van der Waals surface area contributed by atoms with Crippen LogP contribution in [0.2, 0.25) is 5.82 Å². The molecule has 0 aliphatic heterocycles. The van der Waals surface area contributed by atoms with Crippen LogP contribution in [0.5, 0.6) is 0 Å². The Morgan fingerprint density at radius 2 is 1.70 bits per heavy atom. The first-order valence-electron chi connectivity index (χ1n) is 3.13. The maximum absolute atomic E-state index is 11.4. The summed E-state index contributed by atoms with van der Waals surface area (Å²) < 4.78 is 21.3. The van der Waals surface area contributed by atoms with Crippen molar-refractivity contribution in [2.75, 3.05) is 13.2 Å². The Labute approximate surface area is 67.8 Å². The summed E-state index contributed by atoms with van der Waals surface area (Å²) in [4.78, 5) is 0. The fourth-order valence-corrected chi connectivity index (χ4v) is 4.03. The van der Waals surface area contributed by atoms with E-state index in [0.29, 0.717) is 13.2 Å². The van der Waals surface area contributed by atoms with Crippen LogP contribution in [0.15, 0.2) is 0 Å². The van der Waals surface area contributed by atoms with E-state index in [2.05, 4.69) is 0 Å². The molecule has 0 aliphatic carbocycles. The average molecular weight is 231 g/mol. The summed E-state index contributed by atoms with van der Waals surface area (Å²) in [6.07, 6.45) is -2.64. The van der Waals surface area contributed by atoms with Crippen molar-refractivity contribution in [2.45, 2.75) is 19.7 Å². The van der Waals surface area contributed by atoms with Gasteiger partial charge in [0.25, 0.3) is 0 Å². The van der Waals surface area contributed by atoms with Crippen molar-refractivity contribution in [2.24, 2.45) is 0 Å². The second kappa shape index (κ2) is 5.34. The molecule has 0 aromatic heterocycles. The summed E-state index contributed by atoms with van der Waals surface area (Å²) in [5, 5.41) is 0. The first kappa shape index (κ1) is 10.7. The van der Waals surface area contributed by atoms with Crippen molar-refractivity contribution in [1.82, 2.24) is 0 Å². The molecule has 0 aromatic carbocycles. The van der Waals surface area contributed by atoms with Gasteiger partial charge in [0.05, 0.1) is 0 Å². The van der Waals surface area contributed by atoms with Crippen LogP contribution >= 0.6 is 6.29 Å². The van der Waals surface area contributed by atoms with E-state index in [4.69, 9.17) is 9.05 Å². The van der Waals surface area contributed by atoms with Crippen LogP contribution in [0.3, 0.4) is 0 Å². The van der Waals surface area contributed by atoms with Crippen LogP contribution in [0.25, 0.3) is 0 Å². The van der Waals surface area contributed by atoms with Gasteiger partial charge < -0.3 is 0 Å². The zero-order chi connectivity index (χ0) is 8.04. The standard InChI is InChI=1S/C5H13O3PSe/c1-4-7-9(6,10-3)8-5-2/h4-5H2,1-3H3. The Morgan fingerprint density at radius 3 is 1.90 bits per heavy atom. The molecule has 0 radical (unpaired) electrons. The van der Waals surface area contributed by atoms with Crippen LogP contribution in [-0.2, 0) is 13.6 Å². The quantitative estimate of drug-likeness (QED) is 0.535. The fourth-order valence-electron chi connectivity index (χ4n) is 0.459. The molecule has 0 saturated carbocycles. The number of rotatable bonds is 5. The van der Waals surface area contributed by atoms with E-state index in [-0.39, 0.29) is 14.5 Å². The molecule has 0 bridgehead atoms. The van der Waals surface area contributed by atoms with Crippen molar-refractivity contribution >= 4 is 20.8 Å². The van der Waals surface area contributed by atoms with E-state index < -0.39 is 6.29 Å². The topological polar surface area (TPSA) is 35.5 Å². The van der Waals surface area contributed by atoms with Gasteiger partial charge in [0.15, 0.2) is 0 Å². The summed E-state index contributed by atoms with van der Waals surface area (Å²) in [6, 6.07) is 0. The Hall–Kier alpha value is 0.669. The van der Waals surface area contributed by atoms with Gasteiger partial charge >= 0.3 is 67.3 Å². The van der Waals surface area contributed by atoms with Gasteiger partial charge in [0.2, 0.25) is 0 Å². The minimum absolute atomic E-state index is 0.0565. The van der Waals surface area contributed by atoms with Crippen molar-refractivity contribution in [3.05, 3.63) is 0 Å². The second-order valence-corrected chi connectivity index (χ2v) is 8.35. The SMILES string of the molecule is CCOP(=O)(OCC)[Se]C. The first-order valence-corrected chi connectivity index (χ1v) is 8.60. The third-order valence-corrected chi connectivity index (χ3v) is 6.54. The number of hydrogen-bond donors (Lipinski definition) is 0. The van der Waals surface area contributed by atoms with Crippen molar-refractivity contribution in [1.29, 1.82) is 0 Å². The van der Waals surface area contributed by atoms with Gasteiger partial charge in [-0.2, -0.15) is 0 Å². The van der Waals surface area contributed by atoms with Crippen molar-refractivity contribution in [3.8, 4) is 0 Å². The van der Waals surface area contributed by atoms with E-state index >= 15 is 0 Å². The fraction of sp³-hybridized carbons (Fsp3) is 1.00. The summed E-state index contributed by atoms with van der Waals surface area (Å²) >= 11 is -0.0565. The Morgan fingerprint density at radius 1 is 1.30 bits per heavy atom. The summed E-state index contributed by atoms with van der Waals surface area (Å²) in [6.45, 7) is 4.56. The van der Waals surface area contributed by atoms with Crippen LogP contribution in [0.1, 0.15) is 13.8 Å². The van der Waals surface area contributed by atoms with E-state index in [1.165, 1.54) is 0 Å². The molecule has 3 nitrogen and oxygen atoms in total. The van der Waals surface area contributed by atoms with E-state index in [9.17, 15) is 4.57 Å². The molecule has 0 N–H and O–H groups in total. The predicted molar refractivity (Wildman–Crippen MR) is 42.5 cm³/mol. The second-order valence-electron chi connectivity index (χ2n) is 1.47. The summed E-state index contributed by atoms with van der Waals surface area (Å²) in [7, 11) is 0. The molecule has 0 saturated heterocycles. The molecule has 0 heterocycles. The Bertz CT molecular complexity index is 118. The predicted octanol–water partition coefficient (Wildman–Crippen LogP) is 1.92. The monoisotopic (exact) mass is 232 g/mol. The van der Waals surface area contributed by atoms with Gasteiger partial charge in [-0.15, -0.1) is 0 Å². The third-order valence-electron chi connectivity index (χ3n) is 0.798. The van der Waals surface area contributed by atoms with Crippen LogP contribution in [0.4, 0.5) is 0 Å². The molecule has 0 rings (SSSR count). The molecule has 0 fully saturated rings. The van der Waals surface area contributed by atoms with E-state index in [0.717, 1.165) is 0 Å². The van der Waals surface area contributed by atoms with Crippen LogP contribution < -0.4 is 0 Å². The molecule has 0 spiro atoms. The molecule has 0 aromatic rings. The minimum atomic E-state index is -2.64. The van der Waals surface area contributed by atoms with Crippen LogP contribution in [0, 0.1) is 0 Å². The molecular weight excluding hydrogens is 218 g/mol. The molecule has 10 heavy (non-hydrogen) atoms. The van der Waals surface area contributed by atoms with E-state index in [1.807, 2.05) is 19.7 Å². The summed E-state index contributed by atoms with van der Waals surface area (Å²) in [5.41, 5.74) is 0. The Kier molecular flexibility index (Phi) is 5.69. The molecular formula is C5H13O3PSe. The van der Waals surface area contributed by atoms with E-state index in [1.54, 1.807) is 0 Å². The van der Waals surface area contributed by atoms with Gasteiger partial charge in [-0.3, -0.25) is 0 Å². The number of hydrogen-bond acceptors (Lipinski definition) is 3. The molecule has 62 valence electrons. The van der Waals surface area contributed by atoms with Crippen molar-refractivity contribution < 1.29 is 13.6 Å². The van der Waals surface area contributed by atoms with Crippen LogP contribution in [-0.4, -0.2) is 27.7 Å². The molecule has 0 amide bonds.